The van der Waals surface area contributed by atoms with Gasteiger partial charge in [-0.15, -0.1) is 0 Å². The van der Waals surface area contributed by atoms with Crippen molar-refractivity contribution in [2.24, 2.45) is 11.8 Å². The molecule has 4 atom stereocenters. The third-order valence-electron chi connectivity index (χ3n) is 4.61. The van der Waals surface area contributed by atoms with E-state index < -0.39 is 0 Å². The van der Waals surface area contributed by atoms with Gasteiger partial charge in [-0.2, -0.15) is 0 Å². The number of carbonyl (C=O) groups is 1. The van der Waals surface area contributed by atoms with Crippen molar-refractivity contribution in [2.75, 3.05) is 6.61 Å². The molecular weight excluding hydrogens is 228 g/mol. The maximum absolute atomic E-state index is 11.9. The van der Waals surface area contributed by atoms with Crippen LogP contribution in [0.25, 0.3) is 0 Å². The average molecular weight is 250 g/mol. The minimum atomic E-state index is -0.0826. The first-order chi connectivity index (χ1) is 8.74. The molecule has 0 aromatic heterocycles. The van der Waals surface area contributed by atoms with Crippen LogP contribution in [-0.4, -0.2) is 24.8 Å². The fourth-order valence-electron chi connectivity index (χ4n) is 3.21. The van der Waals surface area contributed by atoms with E-state index in [2.05, 4.69) is 13.0 Å². The van der Waals surface area contributed by atoms with Crippen LogP contribution >= 0.6 is 0 Å². The summed E-state index contributed by atoms with van der Waals surface area (Å²) in [7, 11) is 0. The van der Waals surface area contributed by atoms with Crippen molar-refractivity contribution in [3.05, 3.63) is 11.6 Å². The topological polar surface area (TPSA) is 38.8 Å². The molecule has 2 fully saturated rings. The van der Waals surface area contributed by atoms with Gasteiger partial charge >= 0.3 is 5.97 Å². The molecule has 18 heavy (non-hydrogen) atoms. The third-order valence-corrected chi connectivity index (χ3v) is 4.61. The normalized spacial score (nSPS) is 38.6. The zero-order chi connectivity index (χ0) is 12.5. The van der Waals surface area contributed by atoms with Crippen LogP contribution in [-0.2, 0) is 14.3 Å². The Morgan fingerprint density at radius 1 is 1.39 bits per heavy atom. The molecule has 0 spiro atoms. The molecule has 3 nitrogen and oxygen atoms in total. The number of ether oxygens (including phenoxy) is 2. The van der Waals surface area contributed by atoms with E-state index in [-0.39, 0.29) is 5.97 Å². The summed E-state index contributed by atoms with van der Waals surface area (Å²) >= 11 is 0. The standard InChI is InChI=1S/C15H22O3/c1-10-7-13-14(18-13)8-12(10)9-17-15(16)11-5-3-2-4-6-11/h5,10,12-14H,2-4,6-9H2,1H3. The number of carbonyl (C=O) groups excluding carboxylic acids is 1. The SMILES string of the molecule is CC1CC2OC2CC1COC(=O)C1=CCCCC1. The van der Waals surface area contributed by atoms with Crippen molar-refractivity contribution in [3.63, 3.8) is 0 Å². The second-order valence-electron chi connectivity index (χ2n) is 6.00. The highest BCUT2D eigenvalue weighted by atomic mass is 16.6. The molecule has 0 bridgehead atoms. The zero-order valence-electron chi connectivity index (χ0n) is 11.1. The molecule has 1 saturated carbocycles. The monoisotopic (exact) mass is 250 g/mol. The van der Waals surface area contributed by atoms with Crippen LogP contribution in [0.1, 0.15) is 45.4 Å². The van der Waals surface area contributed by atoms with E-state index in [0.717, 1.165) is 37.7 Å². The van der Waals surface area contributed by atoms with E-state index >= 15 is 0 Å². The Hall–Kier alpha value is -0.830. The molecule has 3 rings (SSSR count). The highest BCUT2D eigenvalue weighted by molar-refractivity contribution is 5.88. The lowest BCUT2D eigenvalue weighted by atomic mass is 9.81. The molecule has 1 aliphatic heterocycles. The van der Waals surface area contributed by atoms with Gasteiger partial charge in [-0.25, -0.2) is 4.79 Å². The van der Waals surface area contributed by atoms with Crippen molar-refractivity contribution in [2.45, 2.75) is 57.7 Å². The van der Waals surface area contributed by atoms with Gasteiger partial charge in [0.2, 0.25) is 0 Å². The minimum Gasteiger partial charge on any atom is -0.462 e. The van der Waals surface area contributed by atoms with Gasteiger partial charge in [0.15, 0.2) is 0 Å². The molecule has 0 amide bonds. The van der Waals surface area contributed by atoms with E-state index in [1.165, 1.54) is 6.42 Å². The summed E-state index contributed by atoms with van der Waals surface area (Å²) < 4.78 is 11.0. The number of hydrogen-bond acceptors (Lipinski definition) is 3. The molecule has 3 heteroatoms. The van der Waals surface area contributed by atoms with Crippen LogP contribution in [0.15, 0.2) is 11.6 Å². The van der Waals surface area contributed by atoms with Crippen molar-refractivity contribution in [3.8, 4) is 0 Å². The third kappa shape index (κ3) is 2.61. The fraction of sp³-hybridized carbons (Fsp3) is 0.800. The summed E-state index contributed by atoms with van der Waals surface area (Å²) in [4.78, 5) is 11.9. The first-order valence-corrected chi connectivity index (χ1v) is 7.25. The zero-order valence-corrected chi connectivity index (χ0v) is 11.1. The van der Waals surface area contributed by atoms with Crippen LogP contribution in [0.2, 0.25) is 0 Å². The van der Waals surface area contributed by atoms with Crippen LogP contribution in [0, 0.1) is 11.8 Å². The smallest absolute Gasteiger partial charge is 0.333 e. The maximum atomic E-state index is 11.9. The summed E-state index contributed by atoms with van der Waals surface area (Å²) in [6.07, 6.45) is 9.47. The van der Waals surface area contributed by atoms with E-state index in [9.17, 15) is 4.79 Å². The maximum Gasteiger partial charge on any atom is 0.333 e. The molecule has 0 radical (unpaired) electrons. The van der Waals surface area contributed by atoms with E-state index in [4.69, 9.17) is 9.47 Å². The van der Waals surface area contributed by atoms with Crippen LogP contribution in [0.5, 0.6) is 0 Å². The van der Waals surface area contributed by atoms with Crippen molar-refractivity contribution >= 4 is 5.97 Å². The molecule has 0 N–H and O–H groups in total. The Morgan fingerprint density at radius 3 is 3.00 bits per heavy atom. The largest absolute Gasteiger partial charge is 0.462 e. The number of fused-ring (bicyclic) bond motifs is 1. The van der Waals surface area contributed by atoms with Crippen LogP contribution < -0.4 is 0 Å². The Morgan fingerprint density at radius 2 is 2.22 bits per heavy atom. The van der Waals surface area contributed by atoms with Gasteiger partial charge in [0.1, 0.15) is 0 Å². The summed E-state index contributed by atoms with van der Waals surface area (Å²) in [5, 5.41) is 0. The number of epoxide rings is 1. The van der Waals surface area contributed by atoms with E-state index in [1.54, 1.807) is 0 Å². The van der Waals surface area contributed by atoms with E-state index in [0.29, 0.717) is 30.7 Å². The summed E-state index contributed by atoms with van der Waals surface area (Å²) in [6.45, 7) is 2.82. The first kappa shape index (κ1) is 12.2. The van der Waals surface area contributed by atoms with Gasteiger partial charge in [0.05, 0.1) is 18.8 Å². The molecule has 0 aromatic rings. The Kier molecular flexibility index (Phi) is 3.42. The van der Waals surface area contributed by atoms with Gasteiger partial charge in [-0.1, -0.05) is 13.0 Å². The fourth-order valence-corrected chi connectivity index (χ4v) is 3.21. The Balaban J connectivity index is 1.48. The van der Waals surface area contributed by atoms with Crippen molar-refractivity contribution < 1.29 is 14.3 Å². The predicted molar refractivity (Wildman–Crippen MR) is 68.1 cm³/mol. The van der Waals surface area contributed by atoms with E-state index in [1.807, 2.05) is 0 Å². The van der Waals surface area contributed by atoms with Gasteiger partial charge in [-0.05, 0) is 50.4 Å². The van der Waals surface area contributed by atoms with Crippen LogP contribution in [0.3, 0.4) is 0 Å². The van der Waals surface area contributed by atoms with Gasteiger partial charge in [0.25, 0.3) is 0 Å². The molecule has 0 aromatic carbocycles. The highest BCUT2D eigenvalue weighted by Crippen LogP contribution is 2.42. The molecule has 3 aliphatic rings. The van der Waals surface area contributed by atoms with Crippen molar-refractivity contribution in [1.82, 2.24) is 0 Å². The molecule has 2 aliphatic carbocycles. The summed E-state index contributed by atoms with van der Waals surface area (Å²) in [5.74, 6) is 1.02. The van der Waals surface area contributed by atoms with Crippen molar-refractivity contribution in [1.29, 1.82) is 0 Å². The number of esters is 1. The van der Waals surface area contributed by atoms with Gasteiger partial charge < -0.3 is 9.47 Å². The highest BCUT2D eigenvalue weighted by Gasteiger charge is 2.47. The Labute approximate surface area is 109 Å². The van der Waals surface area contributed by atoms with Gasteiger partial charge in [-0.3, -0.25) is 0 Å². The Bertz CT molecular complexity index is 361. The second-order valence-corrected chi connectivity index (χ2v) is 6.00. The minimum absolute atomic E-state index is 0.0826. The predicted octanol–water partition coefficient (Wildman–Crippen LogP) is 2.84. The lowest BCUT2D eigenvalue weighted by Gasteiger charge is -2.26. The quantitative estimate of drug-likeness (QED) is 0.571. The number of rotatable bonds is 3. The number of hydrogen-bond donors (Lipinski definition) is 0. The molecular formula is C15H22O3. The molecule has 1 heterocycles. The second kappa shape index (κ2) is 5.04. The first-order valence-electron chi connectivity index (χ1n) is 7.25. The lowest BCUT2D eigenvalue weighted by molar-refractivity contribution is -0.141. The molecule has 1 saturated heterocycles. The molecule has 100 valence electrons. The lowest BCUT2D eigenvalue weighted by Crippen LogP contribution is -2.27. The average Bonchev–Trinajstić information content (AvgIpc) is 3.14. The van der Waals surface area contributed by atoms with Crippen LogP contribution in [0.4, 0.5) is 0 Å². The summed E-state index contributed by atoms with van der Waals surface area (Å²) in [6, 6.07) is 0. The summed E-state index contributed by atoms with van der Waals surface area (Å²) in [5.41, 5.74) is 0.894. The van der Waals surface area contributed by atoms with Gasteiger partial charge in [0, 0.05) is 5.57 Å². The molecule has 4 unspecified atom stereocenters. The number of allylic oxidation sites excluding steroid dienone is 1.